The van der Waals surface area contributed by atoms with Crippen LogP contribution in [0.5, 0.6) is 11.5 Å². The molecule has 0 aliphatic heterocycles. The first-order valence-electron chi connectivity index (χ1n) is 9.40. The summed E-state index contributed by atoms with van der Waals surface area (Å²) in [6.07, 6.45) is 8.38. The van der Waals surface area contributed by atoms with Crippen LogP contribution in [0.3, 0.4) is 0 Å². The number of ether oxygens (including phenoxy) is 2. The van der Waals surface area contributed by atoms with Crippen molar-refractivity contribution in [3.8, 4) is 11.5 Å². The number of aryl methyl sites for hydroxylation is 1. The summed E-state index contributed by atoms with van der Waals surface area (Å²) < 4.78 is 13.8. The van der Waals surface area contributed by atoms with Crippen molar-refractivity contribution in [1.82, 2.24) is 19.9 Å². The van der Waals surface area contributed by atoms with Crippen molar-refractivity contribution in [2.45, 2.75) is 33.0 Å². The summed E-state index contributed by atoms with van der Waals surface area (Å²) in [5.74, 6) is 1.47. The zero-order valence-corrected chi connectivity index (χ0v) is 16.7. The third-order valence-corrected chi connectivity index (χ3v) is 4.37. The minimum Gasteiger partial charge on any atom is -0.490 e. The van der Waals surface area contributed by atoms with E-state index in [0.717, 1.165) is 48.7 Å². The van der Waals surface area contributed by atoms with Crippen molar-refractivity contribution in [3.63, 3.8) is 0 Å². The summed E-state index contributed by atoms with van der Waals surface area (Å²) in [6, 6.07) is 9.70. The molecule has 0 radical (unpaired) electrons. The van der Waals surface area contributed by atoms with E-state index < -0.39 is 0 Å². The maximum Gasteiger partial charge on any atom is 0.161 e. The molecule has 0 saturated carbocycles. The summed E-state index contributed by atoms with van der Waals surface area (Å²) in [5.41, 5.74) is 2.11. The zero-order valence-electron chi connectivity index (χ0n) is 16.0. The molecule has 0 aliphatic carbocycles. The normalized spacial score (nSPS) is 10.8. The van der Waals surface area contributed by atoms with Gasteiger partial charge < -0.3 is 19.4 Å². The van der Waals surface area contributed by atoms with Crippen molar-refractivity contribution in [2.75, 3.05) is 13.2 Å². The van der Waals surface area contributed by atoms with E-state index in [2.05, 4.69) is 25.9 Å². The smallest absolute Gasteiger partial charge is 0.161 e. The predicted octanol–water partition coefficient (Wildman–Crippen LogP) is 4.09. The van der Waals surface area contributed by atoms with Gasteiger partial charge in [-0.15, -0.1) is 0 Å². The lowest BCUT2D eigenvalue weighted by Gasteiger charge is -2.14. The van der Waals surface area contributed by atoms with Crippen LogP contribution in [0.15, 0.2) is 55.2 Å². The van der Waals surface area contributed by atoms with Crippen molar-refractivity contribution >= 4 is 11.6 Å². The predicted molar refractivity (Wildman–Crippen MR) is 110 cm³/mol. The van der Waals surface area contributed by atoms with Gasteiger partial charge in [0.05, 0.1) is 12.9 Å². The minimum absolute atomic E-state index is 0.413. The van der Waals surface area contributed by atoms with Gasteiger partial charge in [0.15, 0.2) is 11.5 Å². The molecule has 6 nitrogen and oxygen atoms in total. The van der Waals surface area contributed by atoms with Crippen LogP contribution in [0, 0.1) is 0 Å². The second-order valence-corrected chi connectivity index (χ2v) is 6.71. The number of hydrogen-bond donors (Lipinski definition) is 1. The summed E-state index contributed by atoms with van der Waals surface area (Å²) in [6.45, 7) is 5.64. The molecule has 0 bridgehead atoms. The molecule has 0 spiro atoms. The first-order chi connectivity index (χ1) is 13.7. The summed E-state index contributed by atoms with van der Waals surface area (Å²) in [7, 11) is 0. The third kappa shape index (κ3) is 6.25. The SMILES string of the molecule is CCOc1cc(CNCCCn2ccnc2)ccc1OCc1ccc(Cl)nc1. The van der Waals surface area contributed by atoms with Crippen LogP contribution >= 0.6 is 11.6 Å². The molecule has 0 unspecified atom stereocenters. The topological polar surface area (TPSA) is 61.2 Å². The number of benzene rings is 1. The van der Waals surface area contributed by atoms with Crippen molar-refractivity contribution in [1.29, 1.82) is 0 Å². The van der Waals surface area contributed by atoms with Crippen LogP contribution in [0.2, 0.25) is 5.15 Å². The summed E-state index contributed by atoms with van der Waals surface area (Å²) in [5, 5.41) is 3.94. The average Bonchev–Trinajstić information content (AvgIpc) is 3.22. The highest BCUT2D eigenvalue weighted by atomic mass is 35.5. The highest BCUT2D eigenvalue weighted by molar-refractivity contribution is 6.29. The van der Waals surface area contributed by atoms with Gasteiger partial charge >= 0.3 is 0 Å². The Bertz CT molecular complexity index is 838. The van der Waals surface area contributed by atoms with Gasteiger partial charge in [0.1, 0.15) is 11.8 Å². The average molecular weight is 401 g/mol. The fraction of sp³-hybridized carbons (Fsp3) is 0.333. The number of nitrogens with zero attached hydrogens (tertiary/aromatic N) is 3. The van der Waals surface area contributed by atoms with Crippen LogP contribution < -0.4 is 14.8 Å². The Morgan fingerprint density at radius 2 is 2.00 bits per heavy atom. The maximum absolute atomic E-state index is 5.92. The third-order valence-electron chi connectivity index (χ3n) is 4.15. The van der Waals surface area contributed by atoms with Gasteiger partial charge in [-0.3, -0.25) is 0 Å². The molecule has 0 amide bonds. The van der Waals surface area contributed by atoms with E-state index in [9.17, 15) is 0 Å². The Balaban J connectivity index is 1.50. The van der Waals surface area contributed by atoms with Crippen LogP contribution in [-0.2, 0) is 19.7 Å². The van der Waals surface area contributed by atoms with Crippen molar-refractivity contribution in [2.24, 2.45) is 0 Å². The summed E-state index contributed by atoms with van der Waals surface area (Å²) in [4.78, 5) is 8.12. The van der Waals surface area contributed by atoms with Crippen LogP contribution in [0.4, 0.5) is 0 Å². The fourth-order valence-corrected chi connectivity index (χ4v) is 2.85. The van der Waals surface area contributed by atoms with Gasteiger partial charge in [-0.1, -0.05) is 23.7 Å². The molecular weight excluding hydrogens is 376 g/mol. The van der Waals surface area contributed by atoms with Gasteiger partial charge in [0.25, 0.3) is 0 Å². The lowest BCUT2D eigenvalue weighted by molar-refractivity contribution is 0.269. The van der Waals surface area contributed by atoms with E-state index in [-0.39, 0.29) is 0 Å². The Morgan fingerprint density at radius 3 is 2.75 bits per heavy atom. The molecule has 1 aromatic carbocycles. The second-order valence-electron chi connectivity index (χ2n) is 6.32. The molecule has 0 saturated heterocycles. The minimum atomic E-state index is 0.413. The molecule has 2 aromatic heterocycles. The number of hydrogen-bond acceptors (Lipinski definition) is 5. The number of nitrogens with one attached hydrogen (secondary N) is 1. The van der Waals surface area contributed by atoms with Crippen molar-refractivity contribution in [3.05, 3.63) is 71.5 Å². The maximum atomic E-state index is 5.92. The van der Waals surface area contributed by atoms with E-state index in [1.54, 1.807) is 18.5 Å². The quantitative estimate of drug-likeness (QED) is 0.388. The largest absolute Gasteiger partial charge is 0.490 e. The zero-order chi connectivity index (χ0) is 19.6. The molecule has 28 heavy (non-hydrogen) atoms. The van der Waals surface area contributed by atoms with Gasteiger partial charge in [-0.25, -0.2) is 9.97 Å². The van der Waals surface area contributed by atoms with E-state index >= 15 is 0 Å². The number of halogens is 1. The monoisotopic (exact) mass is 400 g/mol. The summed E-state index contributed by atoms with van der Waals surface area (Å²) >= 11 is 5.82. The Hall–Kier alpha value is -2.57. The molecule has 0 fully saturated rings. The molecule has 0 aliphatic rings. The highest BCUT2D eigenvalue weighted by Crippen LogP contribution is 2.29. The molecular formula is C21H25ClN4O2. The van der Waals surface area contributed by atoms with Crippen LogP contribution in [0.1, 0.15) is 24.5 Å². The van der Waals surface area contributed by atoms with Crippen LogP contribution in [0.25, 0.3) is 0 Å². The van der Waals surface area contributed by atoms with Gasteiger partial charge in [0.2, 0.25) is 0 Å². The van der Waals surface area contributed by atoms with Gasteiger partial charge in [-0.2, -0.15) is 0 Å². The number of pyridine rings is 1. The molecule has 0 atom stereocenters. The van der Waals surface area contributed by atoms with E-state index in [0.29, 0.717) is 18.4 Å². The molecule has 148 valence electrons. The lowest BCUT2D eigenvalue weighted by Crippen LogP contribution is -2.16. The Labute approximate surface area is 170 Å². The molecule has 2 heterocycles. The van der Waals surface area contributed by atoms with Crippen molar-refractivity contribution < 1.29 is 9.47 Å². The number of aromatic nitrogens is 3. The van der Waals surface area contributed by atoms with E-state index in [1.807, 2.05) is 37.6 Å². The fourth-order valence-electron chi connectivity index (χ4n) is 2.74. The van der Waals surface area contributed by atoms with Gasteiger partial charge in [-0.05, 0) is 43.7 Å². The molecule has 7 heteroatoms. The molecule has 3 rings (SSSR count). The standard InChI is InChI=1S/C21H25ClN4O2/c1-2-27-20-12-17(13-23-8-3-10-26-11-9-24-16-26)4-6-19(20)28-15-18-5-7-21(22)25-14-18/h4-7,9,11-12,14,16,23H,2-3,8,10,13,15H2,1H3. The first kappa shape index (κ1) is 20.2. The lowest BCUT2D eigenvalue weighted by atomic mass is 10.2. The highest BCUT2D eigenvalue weighted by Gasteiger charge is 2.07. The first-order valence-corrected chi connectivity index (χ1v) is 9.78. The second kappa shape index (κ2) is 10.7. The van der Waals surface area contributed by atoms with Gasteiger partial charge in [0, 0.05) is 37.2 Å². The molecule has 3 aromatic rings. The Morgan fingerprint density at radius 1 is 1.11 bits per heavy atom. The molecule has 1 N–H and O–H groups in total. The number of imidazole rings is 1. The van der Waals surface area contributed by atoms with E-state index in [1.165, 1.54) is 0 Å². The van der Waals surface area contributed by atoms with E-state index in [4.69, 9.17) is 21.1 Å². The number of rotatable bonds is 11. The van der Waals surface area contributed by atoms with Crippen LogP contribution in [-0.4, -0.2) is 27.7 Å². The Kier molecular flexibility index (Phi) is 7.70.